The Morgan fingerprint density at radius 2 is 1.15 bits per heavy atom. The summed E-state index contributed by atoms with van der Waals surface area (Å²) in [5, 5.41) is 0. The molecule has 0 heterocycles. The van der Waals surface area contributed by atoms with Gasteiger partial charge in [-0.1, -0.05) is 47.5 Å². The zero-order valence-electron chi connectivity index (χ0n) is 10.1. The monoisotopic (exact) mass is 202 g/mol. The first-order valence-electron chi connectivity index (χ1n) is 4.69. The normalized spacial score (nSPS) is 10.4. The Morgan fingerprint density at radius 3 is 1.31 bits per heavy atom. The molecule has 0 saturated heterocycles. The fourth-order valence-electron chi connectivity index (χ4n) is 2.11. The van der Waals surface area contributed by atoms with Crippen LogP contribution in [-0.2, 0) is 0 Å². The first-order chi connectivity index (χ1) is 5.46. The molecule has 0 aromatic heterocycles. The smallest absolute Gasteiger partial charge is 0.196 e. The van der Waals surface area contributed by atoms with Gasteiger partial charge in [0.05, 0.1) is 0 Å². The summed E-state index contributed by atoms with van der Waals surface area (Å²) in [7, 11) is 0. The first kappa shape index (κ1) is 14.0. The molecule has 0 aliphatic carbocycles. The molecule has 68 valence electrons. The first-order valence-corrected chi connectivity index (χ1v) is 4.69. The van der Waals surface area contributed by atoms with Crippen LogP contribution in [0.1, 0.15) is 47.6 Å². The van der Waals surface area contributed by atoms with Gasteiger partial charge in [0.2, 0.25) is 0 Å². The van der Waals surface area contributed by atoms with E-state index in [0.29, 0.717) is 5.92 Å². The van der Waals surface area contributed by atoms with Crippen molar-refractivity contribution in [3.63, 3.8) is 0 Å². The third-order valence-corrected chi connectivity index (χ3v) is 3.07. The number of rotatable bonds is 1. The van der Waals surface area contributed by atoms with E-state index in [1.807, 2.05) is 0 Å². The van der Waals surface area contributed by atoms with E-state index < -0.39 is 0 Å². The minimum Gasteiger partial charge on any atom is -0.196 e. The number of hydrogen-bond donors (Lipinski definition) is 0. The third kappa shape index (κ3) is 2.51. The predicted molar refractivity (Wildman–Crippen MR) is 55.1 cm³/mol. The molecular weight excluding hydrogens is 183 g/mol. The van der Waals surface area contributed by atoms with Crippen LogP contribution >= 0.6 is 0 Å². The maximum absolute atomic E-state index is 2.27. The van der Waals surface area contributed by atoms with Gasteiger partial charge in [-0.05, 0) is 0 Å². The van der Waals surface area contributed by atoms with E-state index in [-0.39, 0.29) is 51.4 Å². The van der Waals surface area contributed by atoms with Crippen LogP contribution in [0.3, 0.4) is 0 Å². The van der Waals surface area contributed by atoms with Gasteiger partial charge in [0.25, 0.3) is 0 Å². The Morgan fingerprint density at radius 1 is 0.846 bits per heavy atom. The third-order valence-electron chi connectivity index (χ3n) is 3.07. The maximum atomic E-state index is 2.27. The van der Waals surface area contributed by atoms with Crippen molar-refractivity contribution >= 4 is 0 Å². The van der Waals surface area contributed by atoms with E-state index in [9.17, 15) is 0 Å². The van der Waals surface area contributed by atoms with Crippen molar-refractivity contribution in [1.82, 2.24) is 0 Å². The molecule has 0 amide bonds. The molecule has 0 N–H and O–H groups in total. The summed E-state index contributed by atoms with van der Waals surface area (Å²) in [5.41, 5.74) is 7.53. The summed E-state index contributed by atoms with van der Waals surface area (Å²) in [6, 6.07) is 0. The van der Waals surface area contributed by atoms with E-state index >= 15 is 0 Å². The Labute approximate surface area is 125 Å². The molecule has 1 rings (SSSR count). The van der Waals surface area contributed by atoms with Crippen LogP contribution in [0, 0.1) is 27.7 Å². The van der Waals surface area contributed by atoms with Crippen LogP contribution in [0.5, 0.6) is 0 Å². The zero-order valence-corrected chi connectivity index (χ0v) is 13.2. The molecule has 13 heavy (non-hydrogen) atoms. The maximum Gasteiger partial charge on any atom is 1.00 e. The van der Waals surface area contributed by atoms with Gasteiger partial charge in [0.15, 0.2) is 0 Å². The van der Waals surface area contributed by atoms with Gasteiger partial charge >= 0.3 is 51.4 Å². The quantitative estimate of drug-likeness (QED) is 0.466. The van der Waals surface area contributed by atoms with Crippen molar-refractivity contribution in [2.24, 2.45) is 0 Å². The van der Waals surface area contributed by atoms with Gasteiger partial charge in [-0.15, -0.1) is 5.56 Å². The second-order valence-corrected chi connectivity index (χ2v) is 4.07. The fourth-order valence-corrected chi connectivity index (χ4v) is 2.11. The van der Waals surface area contributed by atoms with Crippen molar-refractivity contribution in [1.29, 1.82) is 0 Å². The summed E-state index contributed by atoms with van der Waals surface area (Å²) < 4.78 is 0. The van der Waals surface area contributed by atoms with Crippen LogP contribution in [0.15, 0.2) is 0 Å². The minimum atomic E-state index is 0. The average molecular weight is 202 g/mol. The Kier molecular flexibility index (Phi) is 5.57. The molecule has 0 aliphatic heterocycles. The van der Waals surface area contributed by atoms with Crippen LogP contribution in [0.4, 0.5) is 0 Å². The molecule has 1 heteroatoms. The van der Waals surface area contributed by atoms with Crippen molar-refractivity contribution in [2.75, 3.05) is 0 Å². The fraction of sp³-hybridized carbons (Fsp3) is 0.583. The molecule has 0 spiro atoms. The van der Waals surface area contributed by atoms with Gasteiger partial charge in [0.1, 0.15) is 0 Å². The molecule has 0 fully saturated rings. The molecule has 1 aromatic carbocycles. The molecular formula is C12H19K. The number of hydrogen-bond acceptors (Lipinski definition) is 0. The summed E-state index contributed by atoms with van der Waals surface area (Å²) >= 11 is 0. The molecule has 0 unspecified atom stereocenters. The summed E-state index contributed by atoms with van der Waals surface area (Å²) in [4.78, 5) is 0. The summed E-state index contributed by atoms with van der Waals surface area (Å²) in [6.07, 6.45) is 0. The molecule has 0 aliphatic rings. The topological polar surface area (TPSA) is 0 Å². The molecule has 0 nitrogen and oxygen atoms in total. The van der Waals surface area contributed by atoms with Crippen LogP contribution < -0.4 is 51.4 Å². The molecule has 0 atom stereocenters. The van der Waals surface area contributed by atoms with Gasteiger partial charge < -0.3 is 0 Å². The predicted octanol–water partition coefficient (Wildman–Crippen LogP) is 0.767. The van der Waals surface area contributed by atoms with E-state index in [0.717, 1.165) is 0 Å². The largest absolute Gasteiger partial charge is 1.00 e. The molecule has 0 saturated carbocycles. The molecule has 0 bridgehead atoms. The minimum absolute atomic E-state index is 0. The zero-order chi connectivity index (χ0) is 9.46. The van der Waals surface area contributed by atoms with Crippen LogP contribution in [0.2, 0.25) is 0 Å². The van der Waals surface area contributed by atoms with Crippen molar-refractivity contribution in [3.8, 4) is 0 Å². The summed E-state index contributed by atoms with van der Waals surface area (Å²) in [5.74, 6) is 0.664. The average Bonchev–Trinajstić information content (AvgIpc) is 2.16. The van der Waals surface area contributed by atoms with Crippen molar-refractivity contribution in [3.05, 3.63) is 27.8 Å². The molecule has 0 radical (unpaired) electrons. The van der Waals surface area contributed by atoms with Gasteiger partial charge in [-0.2, -0.15) is 22.3 Å². The SMILES string of the molecule is Cc1c(C)c(C)[c-](C(C)C)c1C.[K+]. The van der Waals surface area contributed by atoms with E-state index in [2.05, 4.69) is 41.5 Å². The second-order valence-electron chi connectivity index (χ2n) is 4.07. The van der Waals surface area contributed by atoms with Crippen molar-refractivity contribution in [2.45, 2.75) is 47.5 Å². The van der Waals surface area contributed by atoms with Crippen molar-refractivity contribution < 1.29 is 51.4 Å². The van der Waals surface area contributed by atoms with E-state index in [1.54, 1.807) is 5.56 Å². The Bertz CT molecular complexity index is 267. The van der Waals surface area contributed by atoms with Gasteiger partial charge in [-0.25, -0.2) is 0 Å². The van der Waals surface area contributed by atoms with Crippen LogP contribution in [-0.4, -0.2) is 0 Å². The summed E-state index contributed by atoms with van der Waals surface area (Å²) in [6.45, 7) is 13.5. The standard InChI is InChI=1S/C12H19.K/c1-7(2)12-10(5)8(3)9(4)11(12)6;/h7H,1-6H3;/q-1;+1. The molecule has 1 aromatic rings. The van der Waals surface area contributed by atoms with E-state index in [4.69, 9.17) is 0 Å². The van der Waals surface area contributed by atoms with E-state index in [1.165, 1.54) is 22.3 Å². The van der Waals surface area contributed by atoms with Crippen LogP contribution in [0.25, 0.3) is 0 Å². The van der Waals surface area contributed by atoms with Gasteiger partial charge in [0, 0.05) is 0 Å². The Hall–Kier alpha value is 0.986. The Balaban J connectivity index is 0.00000144. The second kappa shape index (κ2) is 5.18. The van der Waals surface area contributed by atoms with Gasteiger partial charge in [-0.3, -0.25) is 0 Å².